The van der Waals surface area contributed by atoms with Crippen LogP contribution < -0.4 is 10.2 Å². The van der Waals surface area contributed by atoms with Crippen LogP contribution in [0.2, 0.25) is 0 Å². The highest BCUT2D eigenvalue weighted by molar-refractivity contribution is 6.03. The molecule has 28 heavy (non-hydrogen) atoms. The van der Waals surface area contributed by atoms with Gasteiger partial charge in [-0.15, -0.1) is 0 Å². The number of rotatable bonds is 8. The second-order valence-corrected chi connectivity index (χ2v) is 8.13. The molecular formula is C22H37N5O. The zero-order valence-electron chi connectivity index (χ0n) is 17.7. The largest absolute Gasteiger partial charge is 0.374 e. The number of anilines is 2. The second kappa shape index (κ2) is 10.8. The van der Waals surface area contributed by atoms with Crippen molar-refractivity contribution < 1.29 is 4.74 Å². The van der Waals surface area contributed by atoms with E-state index in [9.17, 15) is 0 Å². The molecule has 0 spiro atoms. The van der Waals surface area contributed by atoms with Crippen LogP contribution >= 0.6 is 0 Å². The third kappa shape index (κ3) is 5.67. The van der Waals surface area contributed by atoms with E-state index < -0.39 is 0 Å². The Morgan fingerprint density at radius 1 is 1.14 bits per heavy atom. The Bertz CT molecular complexity index is 627. The van der Waals surface area contributed by atoms with Gasteiger partial charge in [0, 0.05) is 38.3 Å². The molecular weight excluding hydrogens is 350 g/mol. The molecule has 0 aromatic carbocycles. The number of hydrogen-bond donors (Lipinski definition) is 2. The van der Waals surface area contributed by atoms with Crippen LogP contribution in [0.3, 0.4) is 0 Å². The van der Waals surface area contributed by atoms with E-state index in [0.717, 1.165) is 36.8 Å². The maximum absolute atomic E-state index is 8.45. The Balaban J connectivity index is 1.52. The van der Waals surface area contributed by atoms with Crippen molar-refractivity contribution >= 4 is 17.3 Å². The summed E-state index contributed by atoms with van der Waals surface area (Å²) in [5, 5.41) is 11.6. The van der Waals surface area contributed by atoms with E-state index in [1.165, 1.54) is 51.5 Å². The molecule has 0 amide bonds. The highest BCUT2D eigenvalue weighted by Gasteiger charge is 2.18. The monoisotopic (exact) mass is 387 g/mol. The van der Waals surface area contributed by atoms with Crippen LogP contribution in [0.4, 0.5) is 11.6 Å². The van der Waals surface area contributed by atoms with Gasteiger partial charge in [-0.3, -0.25) is 4.90 Å². The lowest BCUT2D eigenvalue weighted by Gasteiger charge is -2.33. The van der Waals surface area contributed by atoms with Crippen molar-refractivity contribution in [3.05, 3.63) is 17.7 Å². The van der Waals surface area contributed by atoms with Crippen LogP contribution in [0.1, 0.15) is 57.4 Å². The molecule has 3 heterocycles. The molecule has 2 aliphatic heterocycles. The molecule has 1 atom stereocenters. The smallest absolute Gasteiger partial charge is 0.137 e. The van der Waals surface area contributed by atoms with Crippen molar-refractivity contribution in [2.24, 2.45) is 0 Å². The minimum absolute atomic E-state index is 0.335. The first-order chi connectivity index (χ1) is 13.7. The van der Waals surface area contributed by atoms with E-state index in [1.807, 2.05) is 13.1 Å². The van der Waals surface area contributed by atoms with Crippen molar-refractivity contribution in [3.8, 4) is 0 Å². The van der Waals surface area contributed by atoms with Gasteiger partial charge in [0.25, 0.3) is 0 Å². The van der Waals surface area contributed by atoms with Gasteiger partial charge in [0.15, 0.2) is 0 Å². The molecule has 6 heteroatoms. The van der Waals surface area contributed by atoms with Crippen molar-refractivity contribution in [2.75, 3.05) is 56.7 Å². The summed E-state index contributed by atoms with van der Waals surface area (Å²) in [6.07, 6.45) is 9.01. The van der Waals surface area contributed by atoms with Crippen LogP contribution in [0, 0.1) is 5.41 Å². The molecule has 2 saturated heterocycles. The maximum atomic E-state index is 8.45. The molecule has 2 aliphatic rings. The summed E-state index contributed by atoms with van der Waals surface area (Å²) < 4.78 is 5.83. The Morgan fingerprint density at radius 2 is 1.89 bits per heavy atom. The van der Waals surface area contributed by atoms with Gasteiger partial charge in [0.05, 0.1) is 18.9 Å². The van der Waals surface area contributed by atoms with E-state index in [0.29, 0.717) is 25.0 Å². The van der Waals surface area contributed by atoms with Crippen LogP contribution in [-0.4, -0.2) is 68.1 Å². The number of piperidine rings is 1. The Labute approximate surface area is 170 Å². The minimum Gasteiger partial charge on any atom is -0.374 e. The number of likely N-dealkylation sites (tertiary alicyclic amines) is 1. The first-order valence-corrected chi connectivity index (χ1v) is 11.0. The Morgan fingerprint density at radius 3 is 2.61 bits per heavy atom. The van der Waals surface area contributed by atoms with E-state index >= 15 is 0 Å². The molecule has 1 unspecified atom stereocenters. The summed E-state index contributed by atoms with van der Waals surface area (Å²) in [4.78, 5) is 9.68. The van der Waals surface area contributed by atoms with Crippen molar-refractivity contribution in [3.63, 3.8) is 0 Å². The fourth-order valence-corrected chi connectivity index (χ4v) is 4.28. The lowest BCUT2D eigenvalue weighted by Crippen LogP contribution is -2.39. The topological polar surface area (TPSA) is 64.5 Å². The molecule has 1 aromatic heterocycles. The second-order valence-electron chi connectivity index (χ2n) is 8.13. The summed E-state index contributed by atoms with van der Waals surface area (Å²) in [6.45, 7) is 7.60. The van der Waals surface area contributed by atoms with Gasteiger partial charge in [-0.05, 0) is 51.3 Å². The third-order valence-electron chi connectivity index (χ3n) is 6.08. The molecule has 0 saturated carbocycles. The number of nitrogens with zero attached hydrogens (tertiary/aromatic N) is 3. The van der Waals surface area contributed by atoms with Gasteiger partial charge in [0.1, 0.15) is 11.6 Å². The van der Waals surface area contributed by atoms with Crippen LogP contribution in [0.25, 0.3) is 0 Å². The standard InChI is InChI=1S/C22H37N5O/c1-18-9-5-8-12-26(18)15-16-28-17-20(23)19-10-11-21(25-22(19)24-2)27-13-6-3-4-7-14-27/h10-11,18,23H,3-9,12-17H2,1-2H3,(H,24,25). The summed E-state index contributed by atoms with van der Waals surface area (Å²) >= 11 is 0. The normalized spacial score (nSPS) is 21.4. The van der Waals surface area contributed by atoms with E-state index in [1.54, 1.807) is 0 Å². The van der Waals surface area contributed by atoms with E-state index in [4.69, 9.17) is 15.1 Å². The number of aromatic nitrogens is 1. The number of pyridine rings is 1. The quantitative estimate of drug-likeness (QED) is 0.525. The zero-order chi connectivity index (χ0) is 19.8. The van der Waals surface area contributed by atoms with Gasteiger partial charge in [-0.25, -0.2) is 4.98 Å². The summed E-state index contributed by atoms with van der Waals surface area (Å²) in [5.74, 6) is 1.79. The number of nitrogens with one attached hydrogen (secondary N) is 2. The number of ether oxygens (including phenoxy) is 1. The molecule has 6 nitrogen and oxygen atoms in total. The first kappa shape index (κ1) is 21.1. The van der Waals surface area contributed by atoms with E-state index in [-0.39, 0.29) is 0 Å². The van der Waals surface area contributed by atoms with Gasteiger partial charge >= 0.3 is 0 Å². The summed E-state index contributed by atoms with van der Waals surface area (Å²) in [6, 6.07) is 4.74. The Hall–Kier alpha value is -1.66. The molecule has 0 bridgehead atoms. The molecule has 1 aromatic rings. The minimum atomic E-state index is 0.335. The first-order valence-electron chi connectivity index (χ1n) is 11.0. The highest BCUT2D eigenvalue weighted by atomic mass is 16.5. The third-order valence-corrected chi connectivity index (χ3v) is 6.08. The SMILES string of the molecule is CNc1nc(N2CCCCCC2)ccc1C(=N)COCCN1CCCCC1C. The predicted molar refractivity (Wildman–Crippen MR) is 117 cm³/mol. The highest BCUT2D eigenvalue weighted by Crippen LogP contribution is 2.22. The van der Waals surface area contributed by atoms with Gasteiger partial charge in [0.2, 0.25) is 0 Å². The fraction of sp³-hybridized carbons (Fsp3) is 0.727. The van der Waals surface area contributed by atoms with Gasteiger partial charge in [-0.2, -0.15) is 0 Å². The summed E-state index contributed by atoms with van der Waals surface area (Å²) in [7, 11) is 1.88. The lowest BCUT2D eigenvalue weighted by molar-refractivity contribution is 0.0933. The average Bonchev–Trinajstić information content (AvgIpc) is 3.01. The van der Waals surface area contributed by atoms with Crippen LogP contribution in [-0.2, 0) is 4.74 Å². The van der Waals surface area contributed by atoms with Gasteiger partial charge in [-0.1, -0.05) is 19.3 Å². The van der Waals surface area contributed by atoms with Crippen molar-refractivity contribution in [2.45, 2.75) is 57.9 Å². The molecule has 0 aliphatic carbocycles. The molecule has 2 fully saturated rings. The molecule has 2 N–H and O–H groups in total. The van der Waals surface area contributed by atoms with Crippen LogP contribution in [0.15, 0.2) is 12.1 Å². The zero-order valence-corrected chi connectivity index (χ0v) is 17.7. The fourth-order valence-electron chi connectivity index (χ4n) is 4.28. The summed E-state index contributed by atoms with van der Waals surface area (Å²) in [5.41, 5.74) is 1.33. The average molecular weight is 388 g/mol. The molecule has 156 valence electrons. The van der Waals surface area contributed by atoms with Gasteiger partial charge < -0.3 is 20.4 Å². The number of hydrogen-bond acceptors (Lipinski definition) is 6. The van der Waals surface area contributed by atoms with Crippen LogP contribution in [0.5, 0.6) is 0 Å². The van der Waals surface area contributed by atoms with Crippen molar-refractivity contribution in [1.29, 1.82) is 5.41 Å². The maximum Gasteiger partial charge on any atom is 0.137 e. The predicted octanol–water partition coefficient (Wildman–Crippen LogP) is 3.76. The van der Waals surface area contributed by atoms with E-state index in [2.05, 4.69) is 28.1 Å². The Kier molecular flexibility index (Phi) is 8.10. The van der Waals surface area contributed by atoms with Crippen molar-refractivity contribution in [1.82, 2.24) is 9.88 Å². The lowest BCUT2D eigenvalue weighted by atomic mass is 10.0. The molecule has 3 rings (SSSR count). The molecule has 0 radical (unpaired) electrons.